The zero-order chi connectivity index (χ0) is 12.5. The maximum Gasteiger partial charge on any atom is 0.164 e. The first-order valence-corrected chi connectivity index (χ1v) is 6.25. The van der Waals surface area contributed by atoms with Gasteiger partial charge in [0.1, 0.15) is 11.3 Å². The molecule has 0 saturated heterocycles. The van der Waals surface area contributed by atoms with Crippen LogP contribution < -0.4 is 0 Å². The number of imidazole rings is 1. The van der Waals surface area contributed by atoms with E-state index >= 15 is 0 Å². The average molecular weight is 258 g/mol. The van der Waals surface area contributed by atoms with Gasteiger partial charge in [-0.05, 0) is 18.2 Å². The molecular weight excluding hydrogens is 246 g/mol. The van der Waals surface area contributed by atoms with Crippen molar-refractivity contribution in [3.63, 3.8) is 0 Å². The third-order valence-electron chi connectivity index (χ3n) is 2.86. The minimum Gasteiger partial charge on any atom is -0.281 e. The van der Waals surface area contributed by atoms with Crippen LogP contribution in [-0.2, 0) is 6.42 Å². The van der Waals surface area contributed by atoms with E-state index in [1.165, 1.54) is 0 Å². The lowest BCUT2D eigenvalue weighted by Gasteiger charge is -2.06. The molecule has 0 saturated carbocycles. The number of benzene rings is 1. The van der Waals surface area contributed by atoms with Crippen LogP contribution >= 0.6 is 11.6 Å². The minimum absolute atomic E-state index is 0.614. The Morgan fingerprint density at radius 3 is 2.72 bits per heavy atom. The first kappa shape index (κ1) is 11.2. The van der Waals surface area contributed by atoms with Crippen LogP contribution in [0.5, 0.6) is 0 Å². The fourth-order valence-electron chi connectivity index (χ4n) is 2.07. The van der Waals surface area contributed by atoms with E-state index in [0.29, 0.717) is 5.02 Å². The average Bonchev–Trinajstić information content (AvgIpc) is 2.77. The Kier molecular flexibility index (Phi) is 2.76. The molecule has 2 heterocycles. The number of pyridine rings is 1. The topological polar surface area (TPSA) is 30.7 Å². The van der Waals surface area contributed by atoms with Crippen LogP contribution in [-0.4, -0.2) is 14.5 Å². The van der Waals surface area contributed by atoms with Gasteiger partial charge in [0.05, 0.1) is 5.02 Å². The van der Waals surface area contributed by atoms with E-state index in [0.717, 1.165) is 29.1 Å². The molecule has 3 nitrogen and oxygen atoms in total. The molecule has 0 bridgehead atoms. The Morgan fingerprint density at radius 2 is 2.00 bits per heavy atom. The van der Waals surface area contributed by atoms with Gasteiger partial charge in [0.25, 0.3) is 0 Å². The highest BCUT2D eigenvalue weighted by Gasteiger charge is 2.12. The van der Waals surface area contributed by atoms with Crippen LogP contribution in [0.2, 0.25) is 5.02 Å². The van der Waals surface area contributed by atoms with E-state index in [1.54, 1.807) is 6.20 Å². The predicted molar refractivity (Wildman–Crippen MR) is 73.3 cm³/mol. The molecule has 4 heteroatoms. The van der Waals surface area contributed by atoms with Crippen molar-refractivity contribution in [3.05, 3.63) is 53.4 Å². The largest absolute Gasteiger partial charge is 0.281 e. The van der Waals surface area contributed by atoms with Crippen molar-refractivity contribution in [3.8, 4) is 5.69 Å². The summed E-state index contributed by atoms with van der Waals surface area (Å²) in [4.78, 5) is 8.98. The Hall–Kier alpha value is -1.87. The molecule has 0 unspecified atom stereocenters. The summed E-state index contributed by atoms with van der Waals surface area (Å²) in [5, 5.41) is 0.614. The van der Waals surface area contributed by atoms with E-state index in [4.69, 9.17) is 11.6 Å². The second-order valence-corrected chi connectivity index (χ2v) is 4.49. The van der Waals surface area contributed by atoms with E-state index < -0.39 is 0 Å². The van der Waals surface area contributed by atoms with Gasteiger partial charge in [-0.1, -0.05) is 36.7 Å². The zero-order valence-corrected chi connectivity index (χ0v) is 10.7. The standard InChI is InChI=1S/C14H12ClN3/c1-2-13-17-12-8-10(15)9-16-14(12)18(13)11-6-4-3-5-7-11/h3-9H,2H2,1H3. The molecule has 0 atom stereocenters. The molecule has 0 N–H and O–H groups in total. The van der Waals surface area contributed by atoms with Crippen molar-refractivity contribution in [1.82, 2.24) is 14.5 Å². The third kappa shape index (κ3) is 1.77. The van der Waals surface area contributed by atoms with Crippen LogP contribution in [0.4, 0.5) is 0 Å². The maximum absolute atomic E-state index is 5.96. The second-order valence-electron chi connectivity index (χ2n) is 4.05. The lowest BCUT2D eigenvalue weighted by atomic mass is 10.3. The molecule has 0 aliphatic heterocycles. The molecule has 0 spiro atoms. The van der Waals surface area contributed by atoms with Crippen molar-refractivity contribution in [1.29, 1.82) is 0 Å². The molecule has 0 amide bonds. The molecular formula is C14H12ClN3. The number of hydrogen-bond donors (Lipinski definition) is 0. The van der Waals surface area contributed by atoms with Crippen molar-refractivity contribution in [2.75, 3.05) is 0 Å². The summed E-state index contributed by atoms with van der Waals surface area (Å²) in [6.07, 6.45) is 2.51. The fraction of sp³-hybridized carbons (Fsp3) is 0.143. The molecule has 3 aromatic rings. The van der Waals surface area contributed by atoms with Crippen LogP contribution in [0.25, 0.3) is 16.9 Å². The highest BCUT2D eigenvalue weighted by molar-refractivity contribution is 6.31. The second kappa shape index (κ2) is 4.42. The first-order chi connectivity index (χ1) is 8.79. The van der Waals surface area contributed by atoms with E-state index in [2.05, 4.69) is 33.6 Å². The number of aryl methyl sites for hydroxylation is 1. The number of halogens is 1. The Balaban J connectivity index is 2.33. The maximum atomic E-state index is 5.96. The van der Waals surface area contributed by atoms with E-state index in [1.807, 2.05) is 24.3 Å². The van der Waals surface area contributed by atoms with Crippen molar-refractivity contribution in [2.24, 2.45) is 0 Å². The number of fused-ring (bicyclic) bond motifs is 1. The first-order valence-electron chi connectivity index (χ1n) is 5.88. The zero-order valence-electron chi connectivity index (χ0n) is 9.97. The molecule has 1 aromatic carbocycles. The van der Waals surface area contributed by atoms with E-state index in [-0.39, 0.29) is 0 Å². The normalized spacial score (nSPS) is 11.0. The summed E-state index contributed by atoms with van der Waals surface area (Å²) in [7, 11) is 0. The van der Waals surface area contributed by atoms with Gasteiger partial charge in [0.2, 0.25) is 0 Å². The van der Waals surface area contributed by atoms with Gasteiger partial charge in [-0.15, -0.1) is 0 Å². The van der Waals surface area contributed by atoms with Gasteiger partial charge in [0, 0.05) is 18.3 Å². The molecule has 0 aliphatic rings. The van der Waals surface area contributed by atoms with Gasteiger partial charge in [-0.3, -0.25) is 4.57 Å². The Morgan fingerprint density at radius 1 is 1.22 bits per heavy atom. The molecule has 0 radical (unpaired) electrons. The Bertz CT molecular complexity index is 689. The SMILES string of the molecule is CCc1nc2cc(Cl)cnc2n1-c1ccccc1. The van der Waals surface area contributed by atoms with Crippen molar-refractivity contribution >= 4 is 22.8 Å². The van der Waals surface area contributed by atoms with Crippen molar-refractivity contribution in [2.45, 2.75) is 13.3 Å². The third-order valence-corrected chi connectivity index (χ3v) is 3.07. The lowest BCUT2D eigenvalue weighted by molar-refractivity contribution is 0.901. The summed E-state index contributed by atoms with van der Waals surface area (Å²) in [5.74, 6) is 0.992. The van der Waals surface area contributed by atoms with Crippen LogP contribution in [0.3, 0.4) is 0 Å². The molecule has 0 aliphatic carbocycles. The molecule has 3 rings (SSSR count). The fourth-order valence-corrected chi connectivity index (χ4v) is 2.22. The predicted octanol–water partition coefficient (Wildman–Crippen LogP) is 3.64. The van der Waals surface area contributed by atoms with Crippen molar-refractivity contribution < 1.29 is 0 Å². The number of para-hydroxylation sites is 1. The highest BCUT2D eigenvalue weighted by atomic mass is 35.5. The van der Waals surface area contributed by atoms with Gasteiger partial charge >= 0.3 is 0 Å². The summed E-state index contributed by atoms with van der Waals surface area (Å²) in [6, 6.07) is 12.0. The van der Waals surface area contributed by atoms with Crippen LogP contribution in [0.15, 0.2) is 42.6 Å². The summed E-state index contributed by atoms with van der Waals surface area (Å²) in [5.41, 5.74) is 2.76. The van der Waals surface area contributed by atoms with Gasteiger partial charge < -0.3 is 0 Å². The molecule has 0 fully saturated rings. The molecule has 18 heavy (non-hydrogen) atoms. The smallest absolute Gasteiger partial charge is 0.164 e. The van der Waals surface area contributed by atoms with E-state index in [9.17, 15) is 0 Å². The molecule has 90 valence electrons. The summed E-state index contributed by atoms with van der Waals surface area (Å²) in [6.45, 7) is 2.09. The lowest BCUT2D eigenvalue weighted by Crippen LogP contribution is -2.00. The summed E-state index contributed by atoms with van der Waals surface area (Å²) < 4.78 is 2.08. The minimum atomic E-state index is 0.614. The monoisotopic (exact) mass is 257 g/mol. The van der Waals surface area contributed by atoms with Gasteiger partial charge in [-0.2, -0.15) is 0 Å². The van der Waals surface area contributed by atoms with Crippen LogP contribution in [0, 0.1) is 0 Å². The summed E-state index contributed by atoms with van der Waals surface area (Å²) >= 11 is 5.96. The number of aromatic nitrogens is 3. The number of rotatable bonds is 2. The van der Waals surface area contributed by atoms with Gasteiger partial charge in [0.15, 0.2) is 5.65 Å². The quantitative estimate of drug-likeness (QED) is 0.702. The number of nitrogens with zero attached hydrogens (tertiary/aromatic N) is 3. The van der Waals surface area contributed by atoms with Crippen LogP contribution in [0.1, 0.15) is 12.7 Å². The Labute approximate surface area is 110 Å². The molecule has 2 aromatic heterocycles. The number of hydrogen-bond acceptors (Lipinski definition) is 2. The van der Waals surface area contributed by atoms with Gasteiger partial charge in [-0.25, -0.2) is 9.97 Å². The highest BCUT2D eigenvalue weighted by Crippen LogP contribution is 2.22.